The molecule has 0 spiro atoms. The van der Waals surface area contributed by atoms with Crippen LogP contribution in [0.4, 0.5) is 23.5 Å². The van der Waals surface area contributed by atoms with Crippen LogP contribution in [0.25, 0.3) is 10.2 Å². The van der Waals surface area contributed by atoms with E-state index in [4.69, 9.17) is 5.84 Å². The Labute approximate surface area is 125 Å². The molecule has 0 atom stereocenters. The summed E-state index contributed by atoms with van der Waals surface area (Å²) in [4.78, 5) is 18.7. The molecule has 3 aromatic rings. The molecule has 0 aliphatic heterocycles. The number of thiazole rings is 1. The normalized spacial score (nSPS) is 10.6. The summed E-state index contributed by atoms with van der Waals surface area (Å²) in [6, 6.07) is 5.88. The second kappa shape index (κ2) is 5.46. The number of rotatable bonds is 4. The Bertz CT molecular complexity index is 769. The SMILES string of the molecule is CN(C)c1nc(NN)nc(Nc2ccc3ncsc3c2)n1. The van der Waals surface area contributed by atoms with Gasteiger partial charge in [0.25, 0.3) is 0 Å². The third kappa shape index (κ3) is 2.83. The van der Waals surface area contributed by atoms with Gasteiger partial charge in [-0.05, 0) is 18.2 Å². The summed E-state index contributed by atoms with van der Waals surface area (Å²) < 4.78 is 1.10. The van der Waals surface area contributed by atoms with Crippen LogP contribution in [0, 0.1) is 0 Å². The number of hydrazine groups is 1. The number of fused-ring (bicyclic) bond motifs is 1. The molecular weight excluding hydrogens is 288 g/mol. The first-order valence-corrected chi connectivity index (χ1v) is 7.04. The smallest absolute Gasteiger partial charge is 0.243 e. The van der Waals surface area contributed by atoms with Crippen molar-refractivity contribution >= 4 is 45.1 Å². The Balaban J connectivity index is 1.94. The van der Waals surface area contributed by atoms with Crippen molar-refractivity contribution in [3.63, 3.8) is 0 Å². The average molecular weight is 302 g/mol. The van der Waals surface area contributed by atoms with Crippen molar-refractivity contribution in [2.24, 2.45) is 5.84 Å². The molecule has 0 radical (unpaired) electrons. The maximum Gasteiger partial charge on any atom is 0.243 e. The van der Waals surface area contributed by atoms with Gasteiger partial charge in [-0.2, -0.15) is 15.0 Å². The van der Waals surface area contributed by atoms with Crippen molar-refractivity contribution in [2.45, 2.75) is 0 Å². The Morgan fingerprint density at radius 3 is 2.71 bits per heavy atom. The molecule has 21 heavy (non-hydrogen) atoms. The van der Waals surface area contributed by atoms with E-state index in [2.05, 4.69) is 30.7 Å². The lowest BCUT2D eigenvalue weighted by Gasteiger charge is -2.13. The minimum absolute atomic E-state index is 0.301. The van der Waals surface area contributed by atoms with Crippen LogP contribution in [0.3, 0.4) is 0 Å². The van der Waals surface area contributed by atoms with Crippen molar-refractivity contribution in [3.05, 3.63) is 23.7 Å². The molecule has 0 saturated carbocycles. The Morgan fingerprint density at radius 1 is 1.14 bits per heavy atom. The van der Waals surface area contributed by atoms with E-state index in [0.29, 0.717) is 17.8 Å². The molecule has 0 amide bonds. The van der Waals surface area contributed by atoms with E-state index in [9.17, 15) is 0 Å². The minimum Gasteiger partial charge on any atom is -0.347 e. The van der Waals surface area contributed by atoms with Crippen molar-refractivity contribution in [1.82, 2.24) is 19.9 Å². The summed E-state index contributed by atoms with van der Waals surface area (Å²) >= 11 is 1.58. The number of nitrogens with one attached hydrogen (secondary N) is 2. The van der Waals surface area contributed by atoms with Crippen molar-refractivity contribution in [1.29, 1.82) is 0 Å². The predicted octanol–water partition coefficient (Wildman–Crippen LogP) is 1.58. The summed E-state index contributed by atoms with van der Waals surface area (Å²) in [5, 5.41) is 3.15. The Hall–Kier alpha value is -2.52. The van der Waals surface area contributed by atoms with Gasteiger partial charge in [0.15, 0.2) is 0 Å². The fraction of sp³-hybridized carbons (Fsp3) is 0.167. The van der Waals surface area contributed by atoms with Crippen LogP contribution in [0.2, 0.25) is 0 Å². The molecule has 0 aliphatic rings. The number of anilines is 4. The van der Waals surface area contributed by atoms with Crippen LogP contribution in [0.1, 0.15) is 0 Å². The molecule has 0 bridgehead atoms. The molecule has 108 valence electrons. The summed E-state index contributed by atoms with van der Waals surface area (Å²) in [5.74, 6) is 6.62. The average Bonchev–Trinajstić information content (AvgIpc) is 2.94. The Morgan fingerprint density at radius 2 is 1.95 bits per heavy atom. The first-order valence-electron chi connectivity index (χ1n) is 6.16. The van der Waals surface area contributed by atoms with Gasteiger partial charge in [0.2, 0.25) is 17.8 Å². The molecule has 0 unspecified atom stereocenters. The van der Waals surface area contributed by atoms with E-state index in [0.717, 1.165) is 15.9 Å². The number of nitrogen functional groups attached to an aromatic ring is 1. The number of nitrogens with two attached hydrogens (primary N) is 1. The molecule has 2 heterocycles. The third-order valence-corrected chi connectivity index (χ3v) is 3.53. The van der Waals surface area contributed by atoms with Crippen LogP contribution in [0.5, 0.6) is 0 Å². The largest absolute Gasteiger partial charge is 0.347 e. The molecule has 9 heteroatoms. The molecular formula is C12H14N8S. The van der Waals surface area contributed by atoms with E-state index in [1.54, 1.807) is 16.2 Å². The molecule has 0 aliphatic carbocycles. The highest BCUT2D eigenvalue weighted by Crippen LogP contribution is 2.24. The topological polar surface area (TPSA) is 105 Å². The number of hydrogen-bond donors (Lipinski definition) is 3. The molecule has 4 N–H and O–H groups in total. The standard InChI is InChI=1S/C12H14N8S/c1-20(2)12-17-10(16-11(18-12)19-13)15-7-3-4-8-9(5-7)21-6-14-8/h3-6H,13H2,1-2H3,(H2,15,16,17,18,19). The molecule has 3 rings (SSSR count). The first-order chi connectivity index (χ1) is 10.2. The molecule has 2 aromatic heterocycles. The zero-order chi connectivity index (χ0) is 14.8. The highest BCUT2D eigenvalue weighted by atomic mass is 32.1. The number of nitrogens with zero attached hydrogens (tertiary/aromatic N) is 5. The van der Waals surface area contributed by atoms with Crippen LogP contribution < -0.4 is 21.5 Å². The van der Waals surface area contributed by atoms with Gasteiger partial charge in [-0.25, -0.2) is 10.8 Å². The van der Waals surface area contributed by atoms with Crippen molar-refractivity contribution < 1.29 is 0 Å². The molecule has 1 aromatic carbocycles. The monoisotopic (exact) mass is 302 g/mol. The van der Waals surface area contributed by atoms with E-state index >= 15 is 0 Å². The van der Waals surface area contributed by atoms with Gasteiger partial charge in [-0.1, -0.05) is 0 Å². The zero-order valence-electron chi connectivity index (χ0n) is 11.5. The summed E-state index contributed by atoms with van der Waals surface area (Å²) in [6.07, 6.45) is 0. The van der Waals surface area contributed by atoms with Crippen molar-refractivity contribution in [3.8, 4) is 0 Å². The number of hydrogen-bond acceptors (Lipinski definition) is 9. The second-order valence-corrected chi connectivity index (χ2v) is 5.37. The van der Waals surface area contributed by atoms with Crippen LogP contribution in [0.15, 0.2) is 23.7 Å². The summed E-state index contributed by atoms with van der Waals surface area (Å²) in [7, 11) is 3.70. The van der Waals surface area contributed by atoms with Gasteiger partial charge in [-0.15, -0.1) is 11.3 Å². The van der Waals surface area contributed by atoms with Crippen molar-refractivity contribution in [2.75, 3.05) is 29.7 Å². The lowest BCUT2D eigenvalue weighted by Crippen LogP contribution is -2.18. The minimum atomic E-state index is 0.301. The lowest BCUT2D eigenvalue weighted by molar-refractivity contribution is 0.957. The first kappa shape index (κ1) is 13.5. The molecule has 8 nitrogen and oxygen atoms in total. The summed E-state index contributed by atoms with van der Waals surface area (Å²) in [6.45, 7) is 0. The van der Waals surface area contributed by atoms with E-state index in [-0.39, 0.29) is 0 Å². The van der Waals surface area contributed by atoms with Crippen LogP contribution >= 0.6 is 11.3 Å². The quantitative estimate of drug-likeness (QED) is 0.493. The van der Waals surface area contributed by atoms with Gasteiger partial charge in [0, 0.05) is 19.8 Å². The number of benzene rings is 1. The lowest BCUT2D eigenvalue weighted by atomic mass is 10.3. The maximum absolute atomic E-state index is 5.39. The highest BCUT2D eigenvalue weighted by Gasteiger charge is 2.08. The summed E-state index contributed by atoms with van der Waals surface area (Å²) in [5.41, 5.74) is 6.11. The fourth-order valence-corrected chi connectivity index (χ4v) is 2.46. The third-order valence-electron chi connectivity index (χ3n) is 2.74. The fourth-order valence-electron chi connectivity index (χ4n) is 1.75. The van der Waals surface area contributed by atoms with Gasteiger partial charge >= 0.3 is 0 Å². The van der Waals surface area contributed by atoms with E-state index in [1.807, 2.05) is 37.8 Å². The van der Waals surface area contributed by atoms with Gasteiger partial charge in [0.05, 0.1) is 15.7 Å². The van der Waals surface area contributed by atoms with E-state index in [1.165, 1.54) is 0 Å². The van der Waals surface area contributed by atoms with Gasteiger partial charge < -0.3 is 10.2 Å². The Kier molecular flexibility index (Phi) is 3.50. The predicted molar refractivity (Wildman–Crippen MR) is 84.9 cm³/mol. The molecule has 0 fully saturated rings. The maximum atomic E-state index is 5.39. The number of aromatic nitrogens is 4. The zero-order valence-corrected chi connectivity index (χ0v) is 12.3. The second-order valence-electron chi connectivity index (χ2n) is 4.48. The van der Waals surface area contributed by atoms with Gasteiger partial charge in [-0.3, -0.25) is 5.43 Å². The molecule has 0 saturated heterocycles. The van der Waals surface area contributed by atoms with Crippen LogP contribution in [-0.2, 0) is 0 Å². The highest BCUT2D eigenvalue weighted by molar-refractivity contribution is 7.16. The van der Waals surface area contributed by atoms with Crippen LogP contribution in [-0.4, -0.2) is 34.0 Å². The van der Waals surface area contributed by atoms with Gasteiger partial charge in [0.1, 0.15) is 0 Å². The van der Waals surface area contributed by atoms with E-state index < -0.39 is 0 Å².